The molecule has 2 aromatic rings. The van der Waals surface area contributed by atoms with Crippen LogP contribution in [0.2, 0.25) is 0 Å². The molecule has 1 aromatic heterocycles. The van der Waals surface area contributed by atoms with Gasteiger partial charge in [-0.25, -0.2) is 4.98 Å². The molecule has 0 unspecified atom stereocenters. The molecule has 1 saturated heterocycles. The molecule has 0 aliphatic carbocycles. The smallest absolute Gasteiger partial charge is 0.245 e. The number of anilines is 1. The Labute approximate surface area is 118 Å². The predicted molar refractivity (Wildman–Crippen MR) is 77.0 cm³/mol. The maximum absolute atomic E-state index is 5.96. The van der Waals surface area contributed by atoms with Crippen LogP contribution in [0.5, 0.6) is 5.75 Å². The lowest BCUT2D eigenvalue weighted by Crippen LogP contribution is -2.26. The monoisotopic (exact) mass is 270 g/mol. The number of aryl methyl sites for hydroxylation is 2. The van der Waals surface area contributed by atoms with Crippen molar-refractivity contribution >= 4 is 5.95 Å². The molecule has 1 fully saturated rings. The first-order valence-electron chi connectivity index (χ1n) is 6.87. The molecular weight excluding hydrogens is 252 g/mol. The first kappa shape index (κ1) is 12.8. The van der Waals surface area contributed by atoms with Crippen molar-refractivity contribution in [3.05, 3.63) is 41.7 Å². The van der Waals surface area contributed by atoms with Gasteiger partial charge in [0.05, 0.1) is 17.9 Å². The molecule has 1 aromatic carbocycles. The largest absolute Gasteiger partial charge is 0.489 e. The second-order valence-electron chi connectivity index (χ2n) is 5.07. The van der Waals surface area contributed by atoms with E-state index in [-0.39, 0.29) is 6.10 Å². The van der Waals surface area contributed by atoms with Crippen LogP contribution in [0.1, 0.15) is 17.8 Å². The Hall–Kier alpha value is -2.17. The predicted octanol–water partition coefficient (Wildman–Crippen LogP) is 2.15. The van der Waals surface area contributed by atoms with Crippen molar-refractivity contribution < 1.29 is 4.74 Å². The van der Waals surface area contributed by atoms with E-state index in [1.807, 2.05) is 44.2 Å². The van der Waals surface area contributed by atoms with Crippen molar-refractivity contribution in [3.63, 3.8) is 0 Å². The van der Waals surface area contributed by atoms with Crippen molar-refractivity contribution in [2.75, 3.05) is 18.0 Å². The standard InChI is InChI=1S/C15H18N4O/c1-11-12(2)17-18-15(16-11)19-9-8-14(10-19)20-13-6-4-3-5-7-13/h3-7,14H,8-10H2,1-2H3/t14-/m1/s1. The van der Waals surface area contributed by atoms with Gasteiger partial charge in [-0.15, -0.1) is 5.10 Å². The molecule has 2 heterocycles. The third-order valence-electron chi connectivity index (χ3n) is 3.55. The summed E-state index contributed by atoms with van der Waals surface area (Å²) in [5.74, 6) is 1.62. The fraction of sp³-hybridized carbons (Fsp3) is 0.400. The molecule has 20 heavy (non-hydrogen) atoms. The molecule has 3 rings (SSSR count). The molecule has 0 saturated carbocycles. The van der Waals surface area contributed by atoms with E-state index in [4.69, 9.17) is 4.74 Å². The molecule has 0 bridgehead atoms. The van der Waals surface area contributed by atoms with Crippen molar-refractivity contribution in [3.8, 4) is 5.75 Å². The van der Waals surface area contributed by atoms with E-state index in [1.165, 1.54) is 0 Å². The van der Waals surface area contributed by atoms with Crippen molar-refractivity contribution in [2.45, 2.75) is 26.4 Å². The van der Waals surface area contributed by atoms with Gasteiger partial charge in [0.25, 0.3) is 0 Å². The summed E-state index contributed by atoms with van der Waals surface area (Å²) in [5.41, 5.74) is 1.81. The minimum absolute atomic E-state index is 0.183. The number of para-hydroxylation sites is 1. The topological polar surface area (TPSA) is 51.1 Å². The summed E-state index contributed by atoms with van der Waals surface area (Å²) in [4.78, 5) is 6.62. The average Bonchev–Trinajstić information content (AvgIpc) is 2.91. The normalized spacial score (nSPS) is 18.3. The fourth-order valence-corrected chi connectivity index (χ4v) is 2.28. The summed E-state index contributed by atoms with van der Waals surface area (Å²) in [7, 11) is 0. The van der Waals surface area contributed by atoms with Gasteiger partial charge in [0.15, 0.2) is 0 Å². The number of hydrogen-bond donors (Lipinski definition) is 0. The second kappa shape index (κ2) is 5.45. The van der Waals surface area contributed by atoms with E-state index in [2.05, 4.69) is 20.1 Å². The van der Waals surface area contributed by atoms with Gasteiger partial charge in [0.1, 0.15) is 11.9 Å². The number of benzene rings is 1. The highest BCUT2D eigenvalue weighted by Gasteiger charge is 2.26. The zero-order chi connectivity index (χ0) is 13.9. The molecule has 0 spiro atoms. The van der Waals surface area contributed by atoms with Crippen LogP contribution in [0.15, 0.2) is 30.3 Å². The Balaban J connectivity index is 1.66. The van der Waals surface area contributed by atoms with Crippen molar-refractivity contribution in [2.24, 2.45) is 0 Å². The van der Waals surface area contributed by atoms with Gasteiger partial charge >= 0.3 is 0 Å². The van der Waals surface area contributed by atoms with Crippen LogP contribution in [-0.4, -0.2) is 34.4 Å². The summed E-state index contributed by atoms with van der Waals surface area (Å²) < 4.78 is 5.96. The van der Waals surface area contributed by atoms with Crippen LogP contribution >= 0.6 is 0 Å². The average molecular weight is 270 g/mol. The van der Waals surface area contributed by atoms with Gasteiger partial charge in [-0.3, -0.25) is 0 Å². The number of aromatic nitrogens is 3. The van der Waals surface area contributed by atoms with Crippen molar-refractivity contribution in [1.29, 1.82) is 0 Å². The van der Waals surface area contributed by atoms with Gasteiger partial charge < -0.3 is 9.64 Å². The second-order valence-corrected chi connectivity index (χ2v) is 5.07. The Kier molecular flexibility index (Phi) is 3.50. The van der Waals surface area contributed by atoms with E-state index >= 15 is 0 Å². The Morgan fingerprint density at radius 2 is 1.90 bits per heavy atom. The number of nitrogens with zero attached hydrogens (tertiary/aromatic N) is 4. The molecule has 5 heteroatoms. The first-order chi connectivity index (χ1) is 9.72. The summed E-state index contributed by atoms with van der Waals surface area (Å²) in [6.45, 7) is 5.59. The Morgan fingerprint density at radius 3 is 2.65 bits per heavy atom. The molecule has 0 N–H and O–H groups in total. The molecule has 104 valence electrons. The highest BCUT2D eigenvalue weighted by Crippen LogP contribution is 2.21. The van der Waals surface area contributed by atoms with Gasteiger partial charge in [0, 0.05) is 13.0 Å². The van der Waals surface area contributed by atoms with Crippen LogP contribution in [-0.2, 0) is 0 Å². The Morgan fingerprint density at radius 1 is 1.10 bits per heavy atom. The molecule has 1 aliphatic rings. The Bertz CT molecular complexity index is 588. The lowest BCUT2D eigenvalue weighted by atomic mass is 10.3. The van der Waals surface area contributed by atoms with Gasteiger partial charge in [-0.05, 0) is 26.0 Å². The lowest BCUT2D eigenvalue weighted by Gasteiger charge is -2.17. The van der Waals surface area contributed by atoms with Crippen LogP contribution in [0.25, 0.3) is 0 Å². The lowest BCUT2D eigenvalue weighted by molar-refractivity contribution is 0.225. The molecular formula is C15H18N4O. The highest BCUT2D eigenvalue weighted by atomic mass is 16.5. The number of hydrogen-bond acceptors (Lipinski definition) is 5. The zero-order valence-electron chi connectivity index (χ0n) is 11.8. The molecule has 0 amide bonds. The van der Waals surface area contributed by atoms with Crippen LogP contribution in [0, 0.1) is 13.8 Å². The summed E-state index contributed by atoms with van der Waals surface area (Å²) in [6, 6.07) is 9.92. The van der Waals surface area contributed by atoms with E-state index in [0.29, 0.717) is 5.95 Å². The summed E-state index contributed by atoms with van der Waals surface area (Å²) >= 11 is 0. The van der Waals surface area contributed by atoms with E-state index in [9.17, 15) is 0 Å². The summed E-state index contributed by atoms with van der Waals surface area (Å²) in [6.07, 6.45) is 1.16. The third-order valence-corrected chi connectivity index (χ3v) is 3.55. The van der Waals surface area contributed by atoms with Crippen LogP contribution in [0.4, 0.5) is 5.95 Å². The van der Waals surface area contributed by atoms with Crippen LogP contribution < -0.4 is 9.64 Å². The maximum atomic E-state index is 5.96. The first-order valence-corrected chi connectivity index (χ1v) is 6.87. The minimum Gasteiger partial charge on any atom is -0.489 e. The van der Waals surface area contributed by atoms with E-state index in [0.717, 1.165) is 36.6 Å². The molecule has 5 nitrogen and oxygen atoms in total. The van der Waals surface area contributed by atoms with E-state index in [1.54, 1.807) is 0 Å². The van der Waals surface area contributed by atoms with Gasteiger partial charge in [-0.1, -0.05) is 18.2 Å². The van der Waals surface area contributed by atoms with Gasteiger partial charge in [0.2, 0.25) is 5.95 Å². The zero-order valence-corrected chi connectivity index (χ0v) is 11.8. The fourth-order valence-electron chi connectivity index (χ4n) is 2.28. The minimum atomic E-state index is 0.183. The highest BCUT2D eigenvalue weighted by molar-refractivity contribution is 5.32. The quantitative estimate of drug-likeness (QED) is 0.855. The number of rotatable bonds is 3. The van der Waals surface area contributed by atoms with E-state index < -0.39 is 0 Å². The van der Waals surface area contributed by atoms with Crippen molar-refractivity contribution in [1.82, 2.24) is 15.2 Å². The van der Waals surface area contributed by atoms with Gasteiger partial charge in [-0.2, -0.15) is 5.10 Å². The number of ether oxygens (including phenoxy) is 1. The van der Waals surface area contributed by atoms with Crippen LogP contribution in [0.3, 0.4) is 0 Å². The molecule has 1 aliphatic heterocycles. The SMILES string of the molecule is Cc1nnc(N2CC[C@@H](Oc3ccccc3)C2)nc1C. The summed E-state index contributed by atoms with van der Waals surface area (Å²) in [5, 5.41) is 8.31. The molecule has 0 radical (unpaired) electrons. The molecule has 1 atom stereocenters. The maximum Gasteiger partial charge on any atom is 0.245 e. The third kappa shape index (κ3) is 2.71.